The Morgan fingerprint density at radius 3 is 2.81 bits per heavy atom. The van der Waals surface area contributed by atoms with Gasteiger partial charge in [-0.3, -0.25) is 5.41 Å². The topological polar surface area (TPSA) is 119 Å². The number of nitrogens with zero attached hydrogens (tertiary/aromatic N) is 4. The number of nitrogens with two attached hydrogens (primary N) is 2. The number of rotatable bonds is 3. The quantitative estimate of drug-likeness (QED) is 0.489. The summed E-state index contributed by atoms with van der Waals surface area (Å²) in [6, 6.07) is 5.70. The van der Waals surface area contributed by atoms with Crippen molar-refractivity contribution in [2.24, 2.45) is 5.73 Å². The van der Waals surface area contributed by atoms with E-state index < -0.39 is 0 Å². The Bertz CT molecular complexity index is 834. The summed E-state index contributed by atoms with van der Waals surface area (Å²) in [6.07, 6.45) is 3.13. The molecule has 0 unspecified atom stereocenters. The first-order valence-electron chi connectivity index (χ1n) is 6.41. The molecular weight excluding hydrogens is 266 g/mol. The van der Waals surface area contributed by atoms with Crippen molar-refractivity contribution >= 4 is 22.8 Å². The van der Waals surface area contributed by atoms with Gasteiger partial charge in [-0.05, 0) is 24.1 Å². The molecule has 5 N–H and O–H groups in total. The SMILES string of the molecule is Cc1cc(C(=N)N)ccc1Cn1cnc2c(N)ncnc21. The number of fused-ring (bicyclic) bond motifs is 1. The molecule has 0 radical (unpaired) electrons. The second-order valence-electron chi connectivity index (χ2n) is 4.86. The Hall–Kier alpha value is -2.96. The lowest BCUT2D eigenvalue weighted by Crippen LogP contribution is -2.12. The lowest BCUT2D eigenvalue weighted by atomic mass is 10.0. The summed E-state index contributed by atoms with van der Waals surface area (Å²) in [5.41, 5.74) is 15.5. The first-order valence-corrected chi connectivity index (χ1v) is 6.41. The standard InChI is InChI=1S/C14H15N7/c1-8-4-9(12(15)16)2-3-10(8)5-21-7-20-11-13(17)18-6-19-14(11)21/h2-4,6-7H,5H2,1H3,(H3,15,16)(H2,17,18,19). The van der Waals surface area contributed by atoms with E-state index in [4.69, 9.17) is 16.9 Å². The van der Waals surface area contributed by atoms with Crippen molar-refractivity contribution < 1.29 is 0 Å². The molecule has 0 atom stereocenters. The summed E-state index contributed by atoms with van der Waals surface area (Å²) >= 11 is 0. The first-order chi connectivity index (χ1) is 10.1. The average Bonchev–Trinajstić information content (AvgIpc) is 2.85. The van der Waals surface area contributed by atoms with Crippen LogP contribution in [-0.4, -0.2) is 25.4 Å². The lowest BCUT2D eigenvalue weighted by molar-refractivity contribution is 0.807. The summed E-state index contributed by atoms with van der Waals surface area (Å²) < 4.78 is 1.92. The summed E-state index contributed by atoms with van der Waals surface area (Å²) in [5, 5.41) is 7.46. The van der Waals surface area contributed by atoms with E-state index in [9.17, 15) is 0 Å². The van der Waals surface area contributed by atoms with E-state index >= 15 is 0 Å². The molecule has 0 fully saturated rings. The molecule has 0 aliphatic heterocycles. The van der Waals surface area contributed by atoms with E-state index in [2.05, 4.69) is 15.0 Å². The normalized spacial score (nSPS) is 10.9. The fourth-order valence-corrected chi connectivity index (χ4v) is 2.24. The minimum atomic E-state index is 0.0678. The largest absolute Gasteiger partial charge is 0.384 e. The molecule has 0 saturated carbocycles. The van der Waals surface area contributed by atoms with Crippen LogP contribution in [0, 0.1) is 12.3 Å². The van der Waals surface area contributed by atoms with Gasteiger partial charge in [0.05, 0.1) is 12.9 Å². The zero-order valence-corrected chi connectivity index (χ0v) is 11.5. The smallest absolute Gasteiger partial charge is 0.165 e. The Morgan fingerprint density at radius 1 is 1.29 bits per heavy atom. The highest BCUT2D eigenvalue weighted by Gasteiger charge is 2.09. The van der Waals surface area contributed by atoms with Gasteiger partial charge in [0.2, 0.25) is 0 Å². The van der Waals surface area contributed by atoms with E-state index in [0.717, 1.165) is 16.7 Å². The zero-order chi connectivity index (χ0) is 15.0. The van der Waals surface area contributed by atoms with Gasteiger partial charge in [0.25, 0.3) is 0 Å². The van der Waals surface area contributed by atoms with Crippen molar-refractivity contribution in [3.05, 3.63) is 47.5 Å². The molecule has 0 saturated heterocycles. The predicted octanol–water partition coefficient (Wildman–Crippen LogP) is 1.05. The Labute approximate surface area is 121 Å². The molecule has 3 rings (SSSR count). The van der Waals surface area contributed by atoms with Gasteiger partial charge < -0.3 is 16.0 Å². The maximum Gasteiger partial charge on any atom is 0.165 e. The van der Waals surface area contributed by atoms with Crippen LogP contribution >= 0.6 is 0 Å². The monoisotopic (exact) mass is 281 g/mol. The van der Waals surface area contributed by atoms with Crippen LogP contribution in [0.3, 0.4) is 0 Å². The van der Waals surface area contributed by atoms with Crippen molar-refractivity contribution in [1.29, 1.82) is 5.41 Å². The minimum absolute atomic E-state index is 0.0678. The van der Waals surface area contributed by atoms with E-state index in [0.29, 0.717) is 23.5 Å². The first kappa shape index (κ1) is 13.0. The fourth-order valence-electron chi connectivity index (χ4n) is 2.24. The molecule has 3 aromatic rings. The molecular formula is C14H15N7. The number of hydrogen-bond acceptors (Lipinski definition) is 5. The van der Waals surface area contributed by atoms with Gasteiger partial charge in [-0.1, -0.05) is 12.1 Å². The molecule has 106 valence electrons. The number of aromatic nitrogens is 4. The Morgan fingerprint density at radius 2 is 2.10 bits per heavy atom. The highest BCUT2D eigenvalue weighted by Crippen LogP contribution is 2.18. The van der Waals surface area contributed by atoms with Crippen LogP contribution in [0.1, 0.15) is 16.7 Å². The number of amidine groups is 1. The van der Waals surface area contributed by atoms with Gasteiger partial charge in [-0.2, -0.15) is 0 Å². The van der Waals surface area contributed by atoms with Gasteiger partial charge in [-0.25, -0.2) is 15.0 Å². The van der Waals surface area contributed by atoms with Crippen molar-refractivity contribution in [3.8, 4) is 0 Å². The highest BCUT2D eigenvalue weighted by atomic mass is 15.1. The van der Waals surface area contributed by atoms with Gasteiger partial charge in [0, 0.05) is 5.56 Å². The summed E-state index contributed by atoms with van der Waals surface area (Å²) in [7, 11) is 0. The van der Waals surface area contributed by atoms with Gasteiger partial charge in [-0.15, -0.1) is 0 Å². The maximum absolute atomic E-state index is 7.46. The molecule has 0 aliphatic rings. The predicted molar refractivity (Wildman–Crippen MR) is 81.0 cm³/mol. The van der Waals surface area contributed by atoms with Gasteiger partial charge in [0.1, 0.15) is 17.7 Å². The minimum Gasteiger partial charge on any atom is -0.384 e. The molecule has 2 heterocycles. The van der Waals surface area contributed by atoms with E-state index in [-0.39, 0.29) is 5.84 Å². The number of nitrogens with one attached hydrogen (secondary N) is 1. The number of benzene rings is 1. The zero-order valence-electron chi connectivity index (χ0n) is 11.5. The number of hydrogen-bond donors (Lipinski definition) is 3. The van der Waals surface area contributed by atoms with Crippen LogP contribution in [0.2, 0.25) is 0 Å². The maximum atomic E-state index is 7.46. The van der Waals surface area contributed by atoms with Crippen molar-refractivity contribution in [1.82, 2.24) is 19.5 Å². The second kappa shape index (κ2) is 4.86. The lowest BCUT2D eigenvalue weighted by Gasteiger charge is -2.09. The molecule has 7 nitrogen and oxygen atoms in total. The fraction of sp³-hybridized carbons (Fsp3) is 0.143. The van der Waals surface area contributed by atoms with Crippen LogP contribution < -0.4 is 11.5 Å². The van der Waals surface area contributed by atoms with Gasteiger partial charge in [0.15, 0.2) is 11.5 Å². The van der Waals surface area contributed by atoms with Crippen LogP contribution in [0.5, 0.6) is 0 Å². The molecule has 0 spiro atoms. The van der Waals surface area contributed by atoms with E-state index in [1.54, 1.807) is 6.33 Å². The summed E-state index contributed by atoms with van der Waals surface area (Å²) in [4.78, 5) is 12.4. The third-order valence-electron chi connectivity index (χ3n) is 3.42. The summed E-state index contributed by atoms with van der Waals surface area (Å²) in [6.45, 7) is 2.61. The van der Waals surface area contributed by atoms with Crippen LogP contribution in [0.25, 0.3) is 11.2 Å². The van der Waals surface area contributed by atoms with Crippen LogP contribution in [0.4, 0.5) is 5.82 Å². The number of imidazole rings is 1. The molecule has 0 amide bonds. The Balaban J connectivity index is 1.99. The third kappa shape index (κ3) is 2.29. The van der Waals surface area contributed by atoms with Crippen molar-refractivity contribution in [3.63, 3.8) is 0 Å². The van der Waals surface area contributed by atoms with Crippen molar-refractivity contribution in [2.75, 3.05) is 5.73 Å². The number of aryl methyl sites for hydroxylation is 1. The van der Waals surface area contributed by atoms with Gasteiger partial charge >= 0.3 is 0 Å². The molecule has 2 aromatic heterocycles. The highest BCUT2D eigenvalue weighted by molar-refractivity contribution is 5.95. The molecule has 1 aromatic carbocycles. The molecule has 0 bridgehead atoms. The third-order valence-corrected chi connectivity index (χ3v) is 3.42. The molecule has 0 aliphatic carbocycles. The second-order valence-corrected chi connectivity index (χ2v) is 4.86. The summed E-state index contributed by atoms with van der Waals surface area (Å²) in [5.74, 6) is 0.445. The van der Waals surface area contributed by atoms with Crippen LogP contribution in [-0.2, 0) is 6.54 Å². The van der Waals surface area contributed by atoms with E-state index in [1.165, 1.54) is 6.33 Å². The van der Waals surface area contributed by atoms with Crippen molar-refractivity contribution in [2.45, 2.75) is 13.5 Å². The molecule has 21 heavy (non-hydrogen) atoms. The average molecular weight is 281 g/mol. The Kier molecular flexibility index (Phi) is 3.02. The van der Waals surface area contributed by atoms with Crippen LogP contribution in [0.15, 0.2) is 30.9 Å². The van der Waals surface area contributed by atoms with E-state index in [1.807, 2.05) is 29.7 Å². The molecule has 7 heteroatoms. The number of anilines is 1. The number of nitrogen functional groups attached to an aromatic ring is 2.